The average molecular weight is 794 g/mol. The van der Waals surface area contributed by atoms with Gasteiger partial charge in [0.15, 0.2) is 6.23 Å². The number of benzene rings is 3. The van der Waals surface area contributed by atoms with Crippen LogP contribution in [-0.2, 0) is 9.59 Å². The summed E-state index contributed by atoms with van der Waals surface area (Å²) >= 11 is 6.16. The first kappa shape index (κ1) is 38.7. The molecule has 1 aliphatic carbocycles. The minimum Gasteiger partial charge on any atom is -0.490 e. The minimum atomic E-state index is -1.23. The first-order valence-electron chi connectivity index (χ1n) is 20.1. The van der Waals surface area contributed by atoms with Gasteiger partial charge in [-0.25, -0.2) is 0 Å². The summed E-state index contributed by atoms with van der Waals surface area (Å²) in [5.74, 6) is -0.0771. The molecule has 4 aliphatic heterocycles. The smallest absolute Gasteiger partial charge is 0.257 e. The number of nitriles is 1. The number of aliphatic hydroxyl groups is 1. The summed E-state index contributed by atoms with van der Waals surface area (Å²) in [6, 6.07) is 19.9. The quantitative estimate of drug-likeness (QED) is 0.261. The molecule has 57 heavy (non-hydrogen) atoms. The van der Waals surface area contributed by atoms with Crippen LogP contribution in [0.2, 0.25) is 5.02 Å². The van der Waals surface area contributed by atoms with Crippen molar-refractivity contribution >= 4 is 46.6 Å². The van der Waals surface area contributed by atoms with Crippen molar-refractivity contribution in [2.24, 2.45) is 5.92 Å². The van der Waals surface area contributed by atoms with Crippen molar-refractivity contribution < 1.29 is 29.0 Å². The average Bonchev–Trinajstić information content (AvgIpc) is 3.47. The van der Waals surface area contributed by atoms with E-state index in [4.69, 9.17) is 21.6 Å². The van der Waals surface area contributed by atoms with E-state index >= 15 is 0 Å². The molecule has 0 radical (unpaired) electrons. The molecule has 4 amide bonds. The number of fused-ring (bicyclic) bond motifs is 1. The van der Waals surface area contributed by atoms with Crippen molar-refractivity contribution in [1.82, 2.24) is 20.4 Å². The third-order valence-electron chi connectivity index (χ3n) is 12.3. The van der Waals surface area contributed by atoms with E-state index < -0.39 is 18.2 Å². The number of halogens is 1. The van der Waals surface area contributed by atoms with Crippen LogP contribution in [-0.4, -0.2) is 103 Å². The van der Waals surface area contributed by atoms with Crippen LogP contribution >= 0.6 is 11.6 Å². The molecule has 8 rings (SSSR count). The summed E-state index contributed by atoms with van der Waals surface area (Å²) in [6.07, 6.45) is 4.69. The van der Waals surface area contributed by atoms with Gasteiger partial charge in [0, 0.05) is 92.4 Å². The number of aliphatic hydroxyl groups excluding tert-OH is 1. The molecule has 14 heteroatoms. The summed E-state index contributed by atoms with van der Waals surface area (Å²) in [5.41, 5.74) is 4.08. The maximum absolute atomic E-state index is 13.2. The van der Waals surface area contributed by atoms with E-state index in [0.717, 1.165) is 95.7 Å². The maximum Gasteiger partial charge on any atom is 0.257 e. The van der Waals surface area contributed by atoms with Gasteiger partial charge in [-0.2, -0.15) is 5.26 Å². The molecule has 3 N–H and O–H groups in total. The fourth-order valence-electron chi connectivity index (χ4n) is 9.01. The molecule has 3 saturated heterocycles. The molecule has 3 aromatic carbocycles. The number of amides is 4. The number of ether oxygens (including phenoxy) is 1. The number of anilines is 2. The Hall–Kier alpha value is -5.16. The number of carbonyl (C=O) groups excluding carboxylic acids is 4. The van der Waals surface area contributed by atoms with Crippen LogP contribution in [0, 0.1) is 17.2 Å². The largest absolute Gasteiger partial charge is 0.490 e. The van der Waals surface area contributed by atoms with Crippen LogP contribution in [0.15, 0.2) is 60.7 Å². The van der Waals surface area contributed by atoms with Crippen LogP contribution < -0.4 is 25.2 Å². The van der Waals surface area contributed by atoms with E-state index in [-0.39, 0.29) is 42.7 Å². The summed E-state index contributed by atoms with van der Waals surface area (Å²) < 4.78 is 6.10. The van der Waals surface area contributed by atoms with Gasteiger partial charge in [0.05, 0.1) is 16.7 Å². The normalized spacial score (nSPS) is 24.5. The predicted molar refractivity (Wildman–Crippen MR) is 214 cm³/mol. The number of hydrogen-bond acceptors (Lipinski definition) is 10. The van der Waals surface area contributed by atoms with Gasteiger partial charge in [0.25, 0.3) is 11.8 Å². The van der Waals surface area contributed by atoms with Gasteiger partial charge in [0.1, 0.15) is 17.9 Å². The van der Waals surface area contributed by atoms with Gasteiger partial charge < -0.3 is 25.0 Å². The Morgan fingerprint density at radius 1 is 0.860 bits per heavy atom. The molecule has 0 bridgehead atoms. The number of piperidine rings is 2. The van der Waals surface area contributed by atoms with Crippen LogP contribution in [0.4, 0.5) is 11.4 Å². The minimum absolute atomic E-state index is 0.0486. The number of rotatable bonds is 9. The predicted octanol–water partition coefficient (Wildman–Crippen LogP) is 4.62. The second kappa shape index (κ2) is 16.7. The van der Waals surface area contributed by atoms with Crippen molar-refractivity contribution in [2.75, 3.05) is 55.6 Å². The molecule has 2 unspecified atom stereocenters. The van der Waals surface area contributed by atoms with E-state index in [9.17, 15) is 24.3 Å². The fraction of sp³-hybridized carbons (Fsp3) is 0.465. The van der Waals surface area contributed by atoms with Crippen LogP contribution in [0.5, 0.6) is 5.75 Å². The van der Waals surface area contributed by atoms with Crippen LogP contribution in [0.3, 0.4) is 0 Å². The Morgan fingerprint density at radius 3 is 2.25 bits per heavy atom. The van der Waals surface area contributed by atoms with Gasteiger partial charge in [0.2, 0.25) is 11.8 Å². The highest BCUT2D eigenvalue weighted by Crippen LogP contribution is 2.38. The van der Waals surface area contributed by atoms with Crippen molar-refractivity contribution in [3.8, 4) is 11.8 Å². The lowest BCUT2D eigenvalue weighted by atomic mass is 9.92. The molecule has 4 fully saturated rings. The lowest BCUT2D eigenvalue weighted by molar-refractivity contribution is -0.139. The number of carbonyl (C=O) groups is 4. The maximum atomic E-state index is 13.2. The molecule has 13 nitrogen and oxygen atoms in total. The first-order valence-corrected chi connectivity index (χ1v) is 20.5. The molecule has 298 valence electrons. The van der Waals surface area contributed by atoms with Crippen molar-refractivity contribution in [1.29, 1.82) is 5.26 Å². The lowest BCUT2D eigenvalue weighted by Gasteiger charge is -2.40. The van der Waals surface area contributed by atoms with E-state index in [1.54, 1.807) is 24.3 Å². The van der Waals surface area contributed by atoms with Crippen molar-refractivity contribution in [3.05, 3.63) is 87.9 Å². The molecule has 0 aromatic heterocycles. The number of hydrogen-bond donors (Lipinski definition) is 3. The highest BCUT2D eigenvalue weighted by molar-refractivity contribution is 6.31. The molecular weight excluding hydrogens is 746 g/mol. The van der Waals surface area contributed by atoms with Gasteiger partial charge in [-0.3, -0.25) is 34.3 Å². The monoisotopic (exact) mass is 793 g/mol. The fourth-order valence-corrected chi connectivity index (χ4v) is 9.22. The van der Waals surface area contributed by atoms with Crippen LogP contribution in [0.1, 0.15) is 89.4 Å². The van der Waals surface area contributed by atoms with Crippen molar-refractivity contribution in [3.63, 3.8) is 0 Å². The lowest BCUT2D eigenvalue weighted by Crippen LogP contribution is -2.53. The molecule has 3 aromatic rings. The zero-order valence-electron chi connectivity index (χ0n) is 31.9. The number of nitrogens with zero attached hydrogens (tertiary/aromatic N) is 5. The zero-order valence-corrected chi connectivity index (χ0v) is 32.6. The molecule has 0 spiro atoms. The number of piperazine rings is 1. The Morgan fingerprint density at radius 2 is 1.56 bits per heavy atom. The highest BCUT2D eigenvalue weighted by Gasteiger charge is 2.44. The van der Waals surface area contributed by atoms with Gasteiger partial charge in [-0.05, 0) is 105 Å². The first-order chi connectivity index (χ1) is 27.6. The van der Waals surface area contributed by atoms with E-state index in [1.807, 2.05) is 24.3 Å². The Labute approximate surface area is 337 Å². The Bertz CT molecular complexity index is 2050. The third kappa shape index (κ3) is 8.44. The standard InChI is InChI=1S/C43H48ClN7O6/c44-37-24-34(9-3-29(37)25-45)57-33-10-4-30(5-11-33)46-40(53)28-1-6-31(7-2-28)49-17-15-27(16-18-49)26-48-19-21-50(22-20-48)32-8-12-35-36(23-32)43(56)51(42(35)55)38-13-14-39(52)47-41(38)54/h1-3,6-9,12,23-24,27,30,33,38,43,56H,4-5,10-11,13-22,26H2,(H,46,53)(H,47,52,54)/t30-,33-,38?,43?. The summed E-state index contributed by atoms with van der Waals surface area (Å²) in [6.45, 7) is 6.52. The molecule has 2 atom stereocenters. The van der Waals surface area contributed by atoms with E-state index in [1.165, 1.54) is 4.90 Å². The second-order valence-electron chi connectivity index (χ2n) is 15.9. The molecular formula is C43H48ClN7O6. The van der Waals surface area contributed by atoms with Gasteiger partial charge >= 0.3 is 0 Å². The van der Waals surface area contributed by atoms with Crippen LogP contribution in [0.25, 0.3) is 0 Å². The molecule has 1 saturated carbocycles. The number of nitrogens with one attached hydrogen (secondary N) is 2. The van der Waals surface area contributed by atoms with Gasteiger partial charge in [-0.15, -0.1) is 0 Å². The zero-order chi connectivity index (χ0) is 39.6. The summed E-state index contributed by atoms with van der Waals surface area (Å²) in [7, 11) is 0. The third-order valence-corrected chi connectivity index (χ3v) is 12.6. The second-order valence-corrected chi connectivity index (χ2v) is 16.3. The van der Waals surface area contributed by atoms with Gasteiger partial charge in [-0.1, -0.05) is 11.6 Å². The Balaban J connectivity index is 0.752. The van der Waals surface area contributed by atoms with Crippen molar-refractivity contribution in [2.45, 2.75) is 75.8 Å². The molecule has 5 aliphatic rings. The SMILES string of the molecule is N#Cc1ccc(O[C@H]2CC[C@H](NC(=O)c3ccc(N4CCC(CN5CCN(c6ccc7c(c6)C(O)N(C6CCC(=O)NC6=O)C7=O)CC5)CC4)cc3)CC2)cc1Cl. The summed E-state index contributed by atoms with van der Waals surface area (Å²) in [5, 5.41) is 26.1. The topological polar surface area (TPSA) is 159 Å². The van der Waals surface area contributed by atoms with E-state index in [0.29, 0.717) is 38.9 Å². The Kier molecular flexibility index (Phi) is 11.4. The molecule has 4 heterocycles. The highest BCUT2D eigenvalue weighted by atomic mass is 35.5. The number of imide groups is 1. The van der Waals surface area contributed by atoms with E-state index in [2.05, 4.69) is 43.5 Å². The summed E-state index contributed by atoms with van der Waals surface area (Å²) in [4.78, 5) is 58.8.